The quantitative estimate of drug-likeness (QED) is 0.0327. The predicted octanol–water partition coefficient (Wildman–Crippen LogP) is 8.28. The van der Waals surface area contributed by atoms with Crippen LogP contribution in [-0.4, -0.2) is 83.3 Å². The van der Waals surface area contributed by atoms with Crippen LogP contribution in [0.5, 0.6) is 23.0 Å². The van der Waals surface area contributed by atoms with Gasteiger partial charge in [-0.3, -0.25) is 14.9 Å². The molecule has 1 saturated carbocycles. The largest absolute Gasteiger partial charge is 0.490 e. The lowest BCUT2D eigenvalue weighted by molar-refractivity contribution is -0.384. The predicted molar refractivity (Wildman–Crippen MR) is 238 cm³/mol. The Hall–Kier alpha value is -5.96. The van der Waals surface area contributed by atoms with Gasteiger partial charge in [0.05, 0.1) is 23.2 Å². The van der Waals surface area contributed by atoms with Crippen LogP contribution in [0.4, 0.5) is 5.69 Å². The Labute approximate surface area is 368 Å². The molecular formula is C49H57N3O11. The summed E-state index contributed by atoms with van der Waals surface area (Å²) in [4.78, 5) is 33.7. The minimum absolute atomic E-state index is 0.0279. The third kappa shape index (κ3) is 9.83. The maximum Gasteiger partial charge on any atom is 0.269 e. The molecule has 2 aliphatic heterocycles. The van der Waals surface area contributed by atoms with E-state index in [0.29, 0.717) is 60.3 Å². The van der Waals surface area contributed by atoms with E-state index in [4.69, 9.17) is 33.7 Å². The molecule has 63 heavy (non-hydrogen) atoms. The highest BCUT2D eigenvalue weighted by Gasteiger charge is 2.65. The van der Waals surface area contributed by atoms with Crippen molar-refractivity contribution in [3.8, 4) is 23.0 Å². The van der Waals surface area contributed by atoms with Gasteiger partial charge in [-0.1, -0.05) is 48.9 Å². The van der Waals surface area contributed by atoms with Crippen LogP contribution >= 0.6 is 0 Å². The van der Waals surface area contributed by atoms with Crippen molar-refractivity contribution < 1.29 is 48.5 Å². The van der Waals surface area contributed by atoms with Crippen LogP contribution in [0, 0.1) is 27.9 Å². The van der Waals surface area contributed by atoms with Crippen LogP contribution in [0.2, 0.25) is 0 Å². The number of nitro groups is 1. The van der Waals surface area contributed by atoms with Gasteiger partial charge in [-0.15, -0.1) is 6.58 Å². The van der Waals surface area contributed by atoms with Crippen molar-refractivity contribution in [1.82, 2.24) is 4.90 Å². The molecule has 0 radical (unpaired) electrons. The summed E-state index contributed by atoms with van der Waals surface area (Å²) < 4.78 is 32.0. The fourth-order valence-corrected chi connectivity index (χ4v) is 9.58. The van der Waals surface area contributed by atoms with Crippen LogP contribution in [0.25, 0.3) is 6.08 Å². The number of unbranched alkanes of at least 4 members (excludes halogenated alkanes) is 2. The molecule has 0 aromatic heterocycles. The summed E-state index contributed by atoms with van der Waals surface area (Å²) in [5.41, 5.74) is 3.84. The summed E-state index contributed by atoms with van der Waals surface area (Å²) in [5, 5.41) is 36.0. The van der Waals surface area contributed by atoms with Crippen molar-refractivity contribution in [2.45, 2.75) is 76.2 Å². The Bertz CT molecular complexity index is 2200. The number of hydrogen-bond donors (Lipinski definition) is 2. The second kappa shape index (κ2) is 20.9. The zero-order valence-corrected chi connectivity index (χ0v) is 35.8. The molecule has 3 aromatic rings. The normalized spacial score (nSPS) is 23.6. The van der Waals surface area contributed by atoms with Gasteiger partial charge in [0.25, 0.3) is 5.69 Å². The molecule has 14 nitrogen and oxygen atoms in total. The topological polar surface area (TPSA) is 172 Å². The first-order valence-corrected chi connectivity index (χ1v) is 21.8. The van der Waals surface area contributed by atoms with Gasteiger partial charge in [0.1, 0.15) is 30.8 Å². The molecule has 0 unspecified atom stereocenters. The van der Waals surface area contributed by atoms with Gasteiger partial charge < -0.3 is 43.6 Å². The number of aliphatic hydroxyl groups excluding tert-OH is 2. The average Bonchev–Trinajstić information content (AvgIpc) is 3.77. The van der Waals surface area contributed by atoms with Crippen molar-refractivity contribution in [1.29, 1.82) is 0 Å². The van der Waals surface area contributed by atoms with E-state index < -0.39 is 22.7 Å². The molecule has 3 aromatic carbocycles. The molecule has 14 heteroatoms. The minimum atomic E-state index is -1.50. The highest BCUT2D eigenvalue weighted by Crippen LogP contribution is 2.62. The highest BCUT2D eigenvalue weighted by atomic mass is 16.7. The lowest BCUT2D eigenvalue weighted by Crippen LogP contribution is -2.70. The summed E-state index contributed by atoms with van der Waals surface area (Å²) >= 11 is 0. The van der Waals surface area contributed by atoms with Crippen molar-refractivity contribution in [3.05, 3.63) is 131 Å². The first-order valence-electron chi connectivity index (χ1n) is 21.8. The number of aliphatic hydroxyl groups is 2. The number of nitro benzene ring substituents is 1. The van der Waals surface area contributed by atoms with E-state index in [1.807, 2.05) is 43.3 Å². The van der Waals surface area contributed by atoms with Crippen molar-refractivity contribution in [2.75, 3.05) is 39.8 Å². The minimum Gasteiger partial charge on any atom is -0.490 e. The van der Waals surface area contributed by atoms with Gasteiger partial charge in [-0.2, -0.15) is 0 Å². The van der Waals surface area contributed by atoms with E-state index >= 15 is 4.79 Å². The highest BCUT2D eigenvalue weighted by molar-refractivity contribution is 6.03. The van der Waals surface area contributed by atoms with Crippen molar-refractivity contribution in [3.63, 3.8) is 0 Å². The molecule has 2 aliphatic carbocycles. The second-order valence-corrected chi connectivity index (χ2v) is 16.1. The second-order valence-electron chi connectivity index (χ2n) is 16.1. The number of fused-ring (bicyclic) bond motifs is 3. The van der Waals surface area contributed by atoms with E-state index in [9.17, 15) is 20.3 Å². The number of amides is 1. The summed E-state index contributed by atoms with van der Waals surface area (Å²) in [7, 11) is 0. The maximum atomic E-state index is 15.1. The smallest absolute Gasteiger partial charge is 0.269 e. The number of ether oxygens (including phenoxy) is 5. The molecule has 1 amide bonds. The first kappa shape index (κ1) is 45.1. The number of oxime groups is 1. The third-order valence-corrected chi connectivity index (χ3v) is 12.3. The molecule has 0 bridgehead atoms. The van der Waals surface area contributed by atoms with Gasteiger partial charge in [0, 0.05) is 55.9 Å². The number of benzene rings is 3. The Morgan fingerprint density at radius 2 is 1.71 bits per heavy atom. The summed E-state index contributed by atoms with van der Waals surface area (Å²) in [6, 6.07) is 16.6. The van der Waals surface area contributed by atoms with Crippen molar-refractivity contribution >= 4 is 23.4 Å². The Morgan fingerprint density at radius 1 is 0.968 bits per heavy atom. The Kier molecular flexibility index (Phi) is 15.0. The number of rotatable bonds is 22. The molecule has 0 saturated heterocycles. The van der Waals surface area contributed by atoms with E-state index in [-0.39, 0.29) is 68.9 Å². The van der Waals surface area contributed by atoms with E-state index in [0.717, 1.165) is 42.4 Å². The SMILES string of the molecule is C=CCOc1ccc2c(c1)[C@H]1[C@H](CCCCO)[C@@H](CCCCO)C=C3C(=NOCC)C[C@H](N(Cc4ccc5c(c4)OCO5)C(=O)C=Cc4ccc([N+](=O)[O-])cc4)[C@@](OCC=C)(O2)[C@H]31. The maximum absolute atomic E-state index is 15.1. The third-order valence-electron chi connectivity index (χ3n) is 12.3. The van der Waals surface area contributed by atoms with Crippen LogP contribution in [0.1, 0.15) is 74.5 Å². The number of nitrogens with zero attached hydrogens (tertiary/aromatic N) is 3. The number of non-ortho nitro benzene ring substituents is 1. The summed E-state index contributed by atoms with van der Waals surface area (Å²) in [6.07, 6.45) is 13.5. The van der Waals surface area contributed by atoms with Crippen LogP contribution < -0.4 is 18.9 Å². The fraction of sp³-hybridized carbons (Fsp3) is 0.429. The molecule has 6 atom stereocenters. The van der Waals surface area contributed by atoms with E-state index in [1.165, 1.54) is 18.2 Å². The van der Waals surface area contributed by atoms with Crippen LogP contribution in [0.15, 0.2) is 109 Å². The zero-order valence-electron chi connectivity index (χ0n) is 35.8. The number of carbonyl (C=O) groups is 1. The van der Waals surface area contributed by atoms with Gasteiger partial charge in [0.2, 0.25) is 18.5 Å². The van der Waals surface area contributed by atoms with Crippen LogP contribution in [-0.2, 0) is 20.9 Å². The lowest BCUT2D eigenvalue weighted by atomic mass is 9.55. The molecule has 7 rings (SSSR count). The Morgan fingerprint density at radius 3 is 2.44 bits per heavy atom. The molecule has 4 aliphatic rings. The molecular weight excluding hydrogens is 807 g/mol. The summed E-state index contributed by atoms with van der Waals surface area (Å²) in [6.45, 7) is 10.8. The Balaban J connectivity index is 1.44. The zero-order chi connectivity index (χ0) is 44.3. The molecule has 334 valence electrons. The van der Waals surface area contributed by atoms with Gasteiger partial charge in [0.15, 0.2) is 11.5 Å². The van der Waals surface area contributed by atoms with Gasteiger partial charge >= 0.3 is 0 Å². The van der Waals surface area contributed by atoms with Gasteiger partial charge in [-0.25, -0.2) is 0 Å². The average molecular weight is 864 g/mol. The standard InChI is InChI=1S/C49H57N3O11/c1-4-25-58-37-19-21-42-40(29-37)47-38(12-8-10-24-54)35(11-7-9-23-53)28-39-41(50-62-6-3)30-45(49(63-42,48(39)47)61-26-5-2)51(31-34-15-20-43-44(27-34)60-32-59-43)46(55)22-16-33-13-17-36(18-14-33)52(56)57/h4-5,13-22,27-29,35,38,45,47-48,53-54H,1-2,6-12,23-26,30-32H2,3H3/t35-,38+,45-,47+,48+,49+/m0/s1. The first-order chi connectivity index (χ1) is 30.7. The van der Waals surface area contributed by atoms with Gasteiger partial charge in [-0.05, 0) is 110 Å². The monoisotopic (exact) mass is 863 g/mol. The van der Waals surface area contributed by atoms with Crippen molar-refractivity contribution in [2.24, 2.45) is 22.9 Å². The fourth-order valence-electron chi connectivity index (χ4n) is 9.58. The molecule has 1 fully saturated rings. The summed E-state index contributed by atoms with van der Waals surface area (Å²) in [5.74, 6) is -0.101. The van der Waals surface area contributed by atoms with E-state index in [2.05, 4.69) is 19.2 Å². The van der Waals surface area contributed by atoms with Crippen LogP contribution in [0.3, 0.4) is 0 Å². The lowest BCUT2D eigenvalue weighted by Gasteiger charge is -2.60. The molecule has 2 N–H and O–H groups in total. The number of allylic oxidation sites excluding steroid dienone is 1. The van der Waals surface area contributed by atoms with E-state index in [1.54, 1.807) is 35.3 Å². The number of carbonyl (C=O) groups excluding carboxylic acids is 1. The molecule has 2 heterocycles. The number of hydrogen-bond acceptors (Lipinski definition) is 12. The molecule has 0 spiro atoms.